The Morgan fingerprint density at radius 2 is 2.09 bits per heavy atom. The highest BCUT2D eigenvalue weighted by molar-refractivity contribution is 7.99. The zero-order chi connectivity index (χ0) is 15.1. The van der Waals surface area contributed by atoms with Crippen LogP contribution < -0.4 is 10.6 Å². The van der Waals surface area contributed by atoms with E-state index < -0.39 is 0 Å². The van der Waals surface area contributed by atoms with Crippen molar-refractivity contribution in [2.75, 3.05) is 30.0 Å². The average Bonchev–Trinajstić information content (AvgIpc) is 2.49. The van der Waals surface area contributed by atoms with Gasteiger partial charge in [0.1, 0.15) is 0 Å². The lowest BCUT2D eigenvalue weighted by atomic mass is 10.2. The highest BCUT2D eigenvalue weighted by Crippen LogP contribution is 2.13. The third-order valence-corrected chi connectivity index (χ3v) is 4.24. The van der Waals surface area contributed by atoms with Gasteiger partial charge in [0.25, 0.3) is 0 Å². The molecule has 0 bridgehead atoms. The molecule has 1 atom stereocenters. The van der Waals surface area contributed by atoms with Gasteiger partial charge in [0.2, 0.25) is 5.91 Å². The predicted molar refractivity (Wildman–Crippen MR) is 92.0 cm³/mol. The summed E-state index contributed by atoms with van der Waals surface area (Å²) in [4.78, 5) is 23.5. The second-order valence-corrected chi connectivity index (χ2v) is 5.93. The smallest absolute Gasteiger partial charge is 0.338 e. The lowest BCUT2D eigenvalue weighted by molar-refractivity contribution is -0.116. The van der Waals surface area contributed by atoms with Crippen molar-refractivity contribution < 1.29 is 14.3 Å². The molecule has 1 unspecified atom stereocenters. The molecule has 0 radical (unpaired) electrons. The van der Waals surface area contributed by atoms with Gasteiger partial charge in [0.15, 0.2) is 0 Å². The monoisotopic (exact) mass is 344 g/mol. The first kappa shape index (κ1) is 18.8. The summed E-state index contributed by atoms with van der Waals surface area (Å²) in [5, 5.41) is 6.18. The van der Waals surface area contributed by atoms with E-state index in [9.17, 15) is 9.59 Å². The minimum absolute atomic E-state index is 0. The molecule has 1 fully saturated rings. The molecule has 0 aromatic heterocycles. The number of carbonyl (C=O) groups excluding carboxylic acids is 2. The summed E-state index contributed by atoms with van der Waals surface area (Å²) >= 11 is 1.87. The van der Waals surface area contributed by atoms with Gasteiger partial charge < -0.3 is 15.4 Å². The van der Waals surface area contributed by atoms with E-state index in [2.05, 4.69) is 10.6 Å². The number of halogens is 1. The van der Waals surface area contributed by atoms with Crippen LogP contribution in [0.15, 0.2) is 24.3 Å². The molecule has 1 heterocycles. The van der Waals surface area contributed by atoms with E-state index in [0.29, 0.717) is 24.3 Å². The second kappa shape index (κ2) is 9.71. The molecule has 1 aliphatic rings. The predicted octanol–water partition coefficient (Wildman–Crippen LogP) is 2.32. The van der Waals surface area contributed by atoms with Crippen LogP contribution in [0.1, 0.15) is 23.7 Å². The molecule has 122 valence electrons. The standard InChI is InChI=1S/C15H20N2O3S.ClH/c1-2-20-15(19)11-3-5-12(6-4-11)17-14(18)9-13-10-21-8-7-16-13;/h3-6,13,16H,2,7-10H2,1H3,(H,17,18);1H. The van der Waals surface area contributed by atoms with Gasteiger partial charge in [-0.15, -0.1) is 12.4 Å². The van der Waals surface area contributed by atoms with E-state index in [-0.39, 0.29) is 30.3 Å². The normalized spacial score (nSPS) is 17.2. The number of amides is 1. The van der Waals surface area contributed by atoms with Crippen LogP contribution in [0, 0.1) is 0 Å². The third kappa shape index (κ3) is 5.87. The van der Waals surface area contributed by atoms with E-state index in [1.54, 1.807) is 31.2 Å². The fourth-order valence-corrected chi connectivity index (χ4v) is 3.04. The first-order chi connectivity index (χ1) is 10.2. The molecule has 1 saturated heterocycles. The minimum Gasteiger partial charge on any atom is -0.462 e. The lowest BCUT2D eigenvalue weighted by Crippen LogP contribution is -2.39. The van der Waals surface area contributed by atoms with Crippen LogP contribution in [0.5, 0.6) is 0 Å². The van der Waals surface area contributed by atoms with Gasteiger partial charge in [-0.3, -0.25) is 4.79 Å². The number of ether oxygens (including phenoxy) is 1. The van der Waals surface area contributed by atoms with Gasteiger partial charge in [-0.1, -0.05) is 0 Å². The van der Waals surface area contributed by atoms with Crippen LogP contribution >= 0.6 is 24.2 Å². The van der Waals surface area contributed by atoms with Crippen molar-refractivity contribution in [3.05, 3.63) is 29.8 Å². The fraction of sp³-hybridized carbons (Fsp3) is 0.467. The Hall–Kier alpha value is -1.24. The highest BCUT2D eigenvalue weighted by atomic mass is 35.5. The van der Waals surface area contributed by atoms with Gasteiger partial charge in [-0.25, -0.2) is 4.79 Å². The first-order valence-electron chi connectivity index (χ1n) is 7.07. The Balaban J connectivity index is 0.00000242. The van der Waals surface area contributed by atoms with Crippen molar-refractivity contribution in [1.82, 2.24) is 5.32 Å². The molecule has 7 heteroatoms. The number of hydrogen-bond donors (Lipinski definition) is 2. The topological polar surface area (TPSA) is 67.4 Å². The quantitative estimate of drug-likeness (QED) is 0.802. The van der Waals surface area contributed by atoms with Crippen molar-refractivity contribution in [1.29, 1.82) is 0 Å². The zero-order valence-electron chi connectivity index (χ0n) is 12.5. The molecular formula is C15H21ClN2O3S. The summed E-state index contributed by atoms with van der Waals surface area (Å²) in [6.07, 6.45) is 0.465. The lowest BCUT2D eigenvalue weighted by Gasteiger charge is -2.22. The number of thioether (sulfide) groups is 1. The van der Waals surface area contributed by atoms with E-state index in [4.69, 9.17) is 4.74 Å². The highest BCUT2D eigenvalue weighted by Gasteiger charge is 2.16. The van der Waals surface area contributed by atoms with Crippen molar-refractivity contribution in [2.24, 2.45) is 0 Å². The summed E-state index contributed by atoms with van der Waals surface area (Å²) in [7, 11) is 0. The summed E-state index contributed by atoms with van der Waals surface area (Å²) in [6.45, 7) is 3.07. The number of esters is 1. The molecular weight excluding hydrogens is 324 g/mol. The zero-order valence-corrected chi connectivity index (χ0v) is 14.1. The molecule has 1 amide bonds. The Bertz CT molecular complexity index is 490. The van der Waals surface area contributed by atoms with E-state index in [0.717, 1.165) is 18.1 Å². The van der Waals surface area contributed by atoms with Crippen molar-refractivity contribution in [2.45, 2.75) is 19.4 Å². The molecule has 1 aliphatic heterocycles. The maximum atomic E-state index is 11.9. The Kier molecular flexibility index (Phi) is 8.30. The largest absolute Gasteiger partial charge is 0.462 e. The number of anilines is 1. The van der Waals surface area contributed by atoms with Gasteiger partial charge in [0, 0.05) is 36.2 Å². The molecule has 5 nitrogen and oxygen atoms in total. The summed E-state index contributed by atoms with van der Waals surface area (Å²) in [5.41, 5.74) is 1.18. The summed E-state index contributed by atoms with van der Waals surface area (Å²) < 4.78 is 4.91. The van der Waals surface area contributed by atoms with Crippen LogP contribution in [-0.4, -0.2) is 42.6 Å². The molecule has 1 aromatic carbocycles. The average molecular weight is 345 g/mol. The Morgan fingerprint density at radius 1 is 1.36 bits per heavy atom. The van der Waals surface area contributed by atoms with E-state index >= 15 is 0 Å². The van der Waals surface area contributed by atoms with Gasteiger partial charge >= 0.3 is 5.97 Å². The van der Waals surface area contributed by atoms with E-state index in [1.165, 1.54) is 0 Å². The molecule has 2 rings (SSSR count). The number of hydrogen-bond acceptors (Lipinski definition) is 5. The Labute approximate surface area is 141 Å². The maximum absolute atomic E-state index is 11.9. The molecule has 2 N–H and O–H groups in total. The number of nitrogens with one attached hydrogen (secondary N) is 2. The van der Waals surface area contributed by atoms with Crippen LogP contribution in [0.2, 0.25) is 0 Å². The van der Waals surface area contributed by atoms with Crippen LogP contribution in [0.3, 0.4) is 0 Å². The number of carbonyl (C=O) groups is 2. The van der Waals surface area contributed by atoms with Gasteiger partial charge in [0.05, 0.1) is 12.2 Å². The third-order valence-electron chi connectivity index (χ3n) is 3.11. The van der Waals surface area contributed by atoms with Gasteiger partial charge in [-0.2, -0.15) is 11.8 Å². The summed E-state index contributed by atoms with van der Waals surface area (Å²) in [5.74, 6) is 1.71. The number of rotatable bonds is 5. The van der Waals surface area contributed by atoms with Crippen LogP contribution in [0.4, 0.5) is 5.69 Å². The Morgan fingerprint density at radius 3 is 2.68 bits per heavy atom. The van der Waals surface area contributed by atoms with Crippen molar-refractivity contribution in [3.8, 4) is 0 Å². The number of benzene rings is 1. The van der Waals surface area contributed by atoms with E-state index in [1.807, 2.05) is 11.8 Å². The molecule has 1 aromatic rings. The fourth-order valence-electron chi connectivity index (χ4n) is 2.09. The SMILES string of the molecule is CCOC(=O)c1ccc(NC(=O)CC2CSCCN2)cc1.Cl. The van der Waals surface area contributed by atoms with Crippen molar-refractivity contribution >= 4 is 41.7 Å². The molecule has 0 saturated carbocycles. The first-order valence-corrected chi connectivity index (χ1v) is 8.22. The van der Waals surface area contributed by atoms with Crippen molar-refractivity contribution in [3.63, 3.8) is 0 Å². The minimum atomic E-state index is -0.348. The maximum Gasteiger partial charge on any atom is 0.338 e. The van der Waals surface area contributed by atoms with Crippen LogP contribution in [0.25, 0.3) is 0 Å². The molecule has 0 spiro atoms. The molecule has 22 heavy (non-hydrogen) atoms. The second-order valence-electron chi connectivity index (χ2n) is 4.78. The molecule has 0 aliphatic carbocycles. The van der Waals surface area contributed by atoms with Gasteiger partial charge in [-0.05, 0) is 31.2 Å². The van der Waals surface area contributed by atoms with Crippen LogP contribution in [-0.2, 0) is 9.53 Å². The summed E-state index contributed by atoms with van der Waals surface area (Å²) in [6, 6.07) is 6.98.